The predicted molar refractivity (Wildman–Crippen MR) is 112 cm³/mol. The van der Waals surface area contributed by atoms with Crippen LogP contribution in [0.1, 0.15) is 73.0 Å². The Morgan fingerprint density at radius 1 is 1.04 bits per heavy atom. The van der Waals surface area contributed by atoms with Crippen molar-refractivity contribution in [1.29, 1.82) is 0 Å². The molecule has 0 aromatic heterocycles. The fourth-order valence-corrected chi connectivity index (χ4v) is 3.64. The number of esters is 1. The highest BCUT2D eigenvalue weighted by molar-refractivity contribution is 5.97. The summed E-state index contributed by atoms with van der Waals surface area (Å²) in [6, 6.07) is 13.5. The summed E-state index contributed by atoms with van der Waals surface area (Å²) < 4.78 is 5.44. The van der Waals surface area contributed by atoms with Gasteiger partial charge in [-0.1, -0.05) is 38.1 Å². The van der Waals surface area contributed by atoms with Gasteiger partial charge in [-0.2, -0.15) is 0 Å². The van der Waals surface area contributed by atoms with Gasteiger partial charge in [0.1, 0.15) is 0 Å². The van der Waals surface area contributed by atoms with Gasteiger partial charge in [0.2, 0.25) is 0 Å². The normalized spacial score (nSPS) is 15.2. The molecule has 0 saturated heterocycles. The first kappa shape index (κ1) is 20.1. The van der Waals surface area contributed by atoms with E-state index in [1.165, 1.54) is 17.5 Å². The highest BCUT2D eigenvalue weighted by atomic mass is 16.5. The lowest BCUT2D eigenvalue weighted by molar-refractivity contribution is -0.123. The molecule has 3 rings (SSSR count). The van der Waals surface area contributed by atoms with Crippen molar-refractivity contribution >= 4 is 17.6 Å². The molecule has 2 aromatic rings. The van der Waals surface area contributed by atoms with Crippen molar-refractivity contribution in [3.8, 4) is 0 Å². The monoisotopic (exact) mass is 379 g/mol. The smallest absolute Gasteiger partial charge is 0.338 e. The Hall–Kier alpha value is -2.62. The molecule has 1 amide bonds. The summed E-state index contributed by atoms with van der Waals surface area (Å²) in [5.41, 5.74) is 4.92. The van der Waals surface area contributed by atoms with Crippen molar-refractivity contribution in [2.75, 3.05) is 5.32 Å². The van der Waals surface area contributed by atoms with Crippen LogP contribution in [0.3, 0.4) is 0 Å². The topological polar surface area (TPSA) is 55.4 Å². The average molecular weight is 380 g/mol. The van der Waals surface area contributed by atoms with Crippen molar-refractivity contribution < 1.29 is 14.3 Å². The number of hydrogen-bond acceptors (Lipinski definition) is 3. The van der Waals surface area contributed by atoms with Crippen LogP contribution in [-0.4, -0.2) is 18.0 Å². The number of benzene rings is 2. The van der Waals surface area contributed by atoms with Gasteiger partial charge in [0, 0.05) is 5.69 Å². The van der Waals surface area contributed by atoms with E-state index in [1.54, 1.807) is 13.0 Å². The van der Waals surface area contributed by atoms with Gasteiger partial charge < -0.3 is 10.1 Å². The molecule has 1 aliphatic rings. The molecule has 1 N–H and O–H groups in total. The van der Waals surface area contributed by atoms with E-state index in [1.807, 2.05) is 36.4 Å². The van der Waals surface area contributed by atoms with Crippen LogP contribution < -0.4 is 5.32 Å². The summed E-state index contributed by atoms with van der Waals surface area (Å²) in [6.45, 7) is 5.86. The summed E-state index contributed by atoms with van der Waals surface area (Å²) in [5, 5.41) is 2.92. The quantitative estimate of drug-likeness (QED) is 0.696. The molecule has 1 aliphatic carbocycles. The van der Waals surface area contributed by atoms with Gasteiger partial charge >= 0.3 is 5.97 Å². The van der Waals surface area contributed by atoms with Crippen LogP contribution in [0.25, 0.3) is 0 Å². The number of hydrogen-bond donors (Lipinski definition) is 1. The van der Waals surface area contributed by atoms with Gasteiger partial charge in [-0.3, -0.25) is 4.79 Å². The summed E-state index contributed by atoms with van der Waals surface area (Å²) in [5.74, 6) is -0.432. The van der Waals surface area contributed by atoms with Crippen molar-refractivity contribution in [3.05, 3.63) is 64.7 Å². The number of carbonyl (C=O) groups excluding carboxylic acids is 2. The molecule has 0 radical (unpaired) electrons. The molecule has 28 heavy (non-hydrogen) atoms. The van der Waals surface area contributed by atoms with Crippen molar-refractivity contribution in [3.63, 3.8) is 0 Å². The number of aryl methyl sites for hydroxylation is 2. The highest BCUT2D eigenvalue weighted by Crippen LogP contribution is 2.27. The maximum Gasteiger partial charge on any atom is 0.338 e. The van der Waals surface area contributed by atoms with E-state index in [2.05, 4.69) is 19.2 Å². The molecule has 0 unspecified atom stereocenters. The molecule has 0 aliphatic heterocycles. The van der Waals surface area contributed by atoms with Crippen LogP contribution in [-0.2, 0) is 22.4 Å². The second kappa shape index (κ2) is 9.05. The zero-order valence-corrected chi connectivity index (χ0v) is 17.0. The number of nitrogens with one attached hydrogen (secondary N) is 1. The Balaban J connectivity index is 1.65. The van der Waals surface area contributed by atoms with E-state index < -0.39 is 12.1 Å². The van der Waals surface area contributed by atoms with Crippen LogP contribution in [0.4, 0.5) is 5.69 Å². The van der Waals surface area contributed by atoms with Gasteiger partial charge in [0.25, 0.3) is 5.91 Å². The largest absolute Gasteiger partial charge is 0.449 e. The zero-order chi connectivity index (χ0) is 20.1. The lowest BCUT2D eigenvalue weighted by Crippen LogP contribution is -2.30. The van der Waals surface area contributed by atoms with Crippen LogP contribution in [0.2, 0.25) is 0 Å². The van der Waals surface area contributed by atoms with Gasteiger partial charge in [0.15, 0.2) is 6.10 Å². The SMILES string of the molecule is CC[C@H](C)c1ccccc1NC(=O)[C@H](C)OC(=O)c1ccc2c(c1)CCCC2. The number of anilines is 1. The number of fused-ring (bicyclic) bond motifs is 1. The van der Waals surface area contributed by atoms with Crippen molar-refractivity contribution in [2.45, 2.75) is 64.9 Å². The molecular formula is C24H29NO3. The molecular weight excluding hydrogens is 350 g/mol. The number of ether oxygens (including phenoxy) is 1. The predicted octanol–water partition coefficient (Wildman–Crippen LogP) is 5.26. The first-order valence-corrected chi connectivity index (χ1v) is 10.2. The Labute approximate surface area is 167 Å². The van der Waals surface area contributed by atoms with Crippen LogP contribution in [0.5, 0.6) is 0 Å². The Kier molecular flexibility index (Phi) is 6.50. The molecule has 2 atom stereocenters. The summed E-state index contributed by atoms with van der Waals surface area (Å²) in [6.07, 6.45) is 4.54. The number of rotatable bonds is 6. The molecule has 0 heterocycles. The van der Waals surface area contributed by atoms with Gasteiger partial charge in [-0.25, -0.2) is 4.79 Å². The first-order chi connectivity index (χ1) is 13.5. The van der Waals surface area contributed by atoms with E-state index in [0.29, 0.717) is 11.5 Å². The minimum Gasteiger partial charge on any atom is -0.449 e. The van der Waals surface area contributed by atoms with E-state index in [-0.39, 0.29) is 5.91 Å². The maximum absolute atomic E-state index is 12.6. The molecule has 0 saturated carbocycles. The third-order valence-electron chi connectivity index (χ3n) is 5.60. The Morgan fingerprint density at radius 3 is 2.50 bits per heavy atom. The summed E-state index contributed by atoms with van der Waals surface area (Å²) in [4.78, 5) is 25.1. The molecule has 4 heteroatoms. The van der Waals surface area contributed by atoms with Gasteiger partial charge in [-0.05, 0) is 79.8 Å². The van der Waals surface area contributed by atoms with E-state index in [4.69, 9.17) is 4.74 Å². The fourth-order valence-electron chi connectivity index (χ4n) is 3.64. The standard InChI is InChI=1S/C24H29NO3/c1-4-16(2)21-11-7-8-12-22(21)25-23(26)17(3)28-24(27)20-14-13-18-9-5-6-10-19(18)15-20/h7-8,11-17H,4-6,9-10H2,1-3H3,(H,25,26)/t16-,17-/m0/s1. The second-order valence-corrected chi connectivity index (χ2v) is 7.62. The lowest BCUT2D eigenvalue weighted by Gasteiger charge is -2.19. The Bertz CT molecular complexity index is 859. The third-order valence-corrected chi connectivity index (χ3v) is 5.60. The fraction of sp³-hybridized carbons (Fsp3) is 0.417. The van der Waals surface area contributed by atoms with Crippen molar-refractivity contribution in [2.24, 2.45) is 0 Å². The molecule has 0 spiro atoms. The van der Waals surface area contributed by atoms with E-state index in [9.17, 15) is 9.59 Å². The molecule has 4 nitrogen and oxygen atoms in total. The first-order valence-electron chi connectivity index (χ1n) is 10.2. The van der Waals surface area contributed by atoms with Gasteiger partial charge in [-0.15, -0.1) is 0 Å². The molecule has 148 valence electrons. The molecule has 0 bridgehead atoms. The minimum atomic E-state index is -0.867. The third kappa shape index (κ3) is 4.61. The van der Waals surface area contributed by atoms with Crippen LogP contribution in [0.15, 0.2) is 42.5 Å². The van der Waals surface area contributed by atoms with E-state index >= 15 is 0 Å². The van der Waals surface area contributed by atoms with Gasteiger partial charge in [0.05, 0.1) is 5.56 Å². The highest BCUT2D eigenvalue weighted by Gasteiger charge is 2.21. The molecule has 0 fully saturated rings. The average Bonchev–Trinajstić information content (AvgIpc) is 2.73. The lowest BCUT2D eigenvalue weighted by atomic mass is 9.90. The summed E-state index contributed by atoms with van der Waals surface area (Å²) in [7, 11) is 0. The van der Waals surface area contributed by atoms with Crippen molar-refractivity contribution in [1.82, 2.24) is 0 Å². The zero-order valence-electron chi connectivity index (χ0n) is 17.0. The molecule has 2 aromatic carbocycles. The van der Waals surface area contributed by atoms with E-state index in [0.717, 1.165) is 36.9 Å². The number of amides is 1. The summed E-state index contributed by atoms with van der Waals surface area (Å²) >= 11 is 0. The maximum atomic E-state index is 12.6. The van der Waals surface area contributed by atoms with Crippen LogP contribution in [0, 0.1) is 0 Å². The number of para-hydroxylation sites is 1. The minimum absolute atomic E-state index is 0.318. The van der Waals surface area contributed by atoms with Crippen LogP contribution >= 0.6 is 0 Å². The number of carbonyl (C=O) groups is 2. The second-order valence-electron chi connectivity index (χ2n) is 7.62. The Morgan fingerprint density at radius 2 is 1.75 bits per heavy atom.